The van der Waals surface area contributed by atoms with Crippen molar-refractivity contribution in [3.63, 3.8) is 0 Å². The van der Waals surface area contributed by atoms with Gasteiger partial charge in [-0.05, 0) is 30.7 Å². The Morgan fingerprint density at radius 2 is 1.92 bits per heavy atom. The number of likely N-dealkylation sites (N-methyl/N-ethyl adjacent to an activating group) is 1. The zero-order valence-electron chi connectivity index (χ0n) is 13.6. The van der Waals surface area contributed by atoms with Gasteiger partial charge < -0.3 is 9.64 Å². The Morgan fingerprint density at radius 1 is 1.24 bits per heavy atom. The summed E-state index contributed by atoms with van der Waals surface area (Å²) in [5, 5.41) is 11.0. The molecule has 132 valence electrons. The van der Waals surface area contributed by atoms with Crippen molar-refractivity contribution in [3.05, 3.63) is 69.8 Å². The SMILES string of the molecule is C[C@@H](Oc1cc(F)ccc1[N+](=O)[O-])C(=O)N(C)Cc1cccc(F)c1. The minimum atomic E-state index is -1.08. The molecule has 2 aromatic carbocycles. The molecular formula is C17H16F2N2O4. The highest BCUT2D eigenvalue weighted by Gasteiger charge is 2.24. The lowest BCUT2D eigenvalue weighted by atomic mass is 10.2. The van der Waals surface area contributed by atoms with E-state index in [1.165, 1.54) is 37.1 Å². The highest BCUT2D eigenvalue weighted by Crippen LogP contribution is 2.28. The van der Waals surface area contributed by atoms with Crippen LogP contribution in [0.5, 0.6) is 5.75 Å². The van der Waals surface area contributed by atoms with Crippen LogP contribution in [0, 0.1) is 21.7 Å². The van der Waals surface area contributed by atoms with Crippen LogP contribution in [0.2, 0.25) is 0 Å². The second-order valence-electron chi connectivity index (χ2n) is 5.45. The van der Waals surface area contributed by atoms with Gasteiger partial charge in [0.1, 0.15) is 11.6 Å². The molecule has 0 aromatic heterocycles. The molecule has 0 aliphatic rings. The van der Waals surface area contributed by atoms with Gasteiger partial charge in [0.2, 0.25) is 5.75 Å². The number of hydrogen-bond acceptors (Lipinski definition) is 4. The van der Waals surface area contributed by atoms with Crippen LogP contribution >= 0.6 is 0 Å². The van der Waals surface area contributed by atoms with E-state index in [0.717, 1.165) is 18.2 Å². The van der Waals surface area contributed by atoms with E-state index in [4.69, 9.17) is 4.74 Å². The molecule has 0 saturated heterocycles. The van der Waals surface area contributed by atoms with E-state index < -0.39 is 34.3 Å². The van der Waals surface area contributed by atoms with E-state index in [1.54, 1.807) is 6.07 Å². The molecule has 25 heavy (non-hydrogen) atoms. The van der Waals surface area contributed by atoms with Crippen molar-refractivity contribution in [1.82, 2.24) is 4.90 Å². The van der Waals surface area contributed by atoms with E-state index >= 15 is 0 Å². The Labute approximate surface area is 142 Å². The van der Waals surface area contributed by atoms with E-state index in [9.17, 15) is 23.7 Å². The van der Waals surface area contributed by atoms with Crippen molar-refractivity contribution < 1.29 is 23.2 Å². The quantitative estimate of drug-likeness (QED) is 0.592. The largest absolute Gasteiger partial charge is 0.474 e. The molecule has 6 nitrogen and oxygen atoms in total. The Morgan fingerprint density at radius 3 is 2.56 bits per heavy atom. The first-order valence-corrected chi connectivity index (χ1v) is 7.38. The van der Waals surface area contributed by atoms with E-state index in [2.05, 4.69) is 0 Å². The number of carbonyl (C=O) groups excluding carboxylic acids is 1. The summed E-state index contributed by atoms with van der Waals surface area (Å²) in [6.45, 7) is 1.54. The van der Waals surface area contributed by atoms with Crippen molar-refractivity contribution in [1.29, 1.82) is 0 Å². The summed E-state index contributed by atoms with van der Waals surface area (Å²) >= 11 is 0. The summed E-state index contributed by atoms with van der Waals surface area (Å²) in [7, 11) is 1.49. The minimum absolute atomic E-state index is 0.134. The number of benzene rings is 2. The van der Waals surface area contributed by atoms with Crippen LogP contribution in [0.4, 0.5) is 14.5 Å². The molecule has 1 amide bonds. The zero-order valence-corrected chi connectivity index (χ0v) is 13.6. The zero-order chi connectivity index (χ0) is 18.6. The Kier molecular flexibility index (Phi) is 5.63. The second kappa shape index (κ2) is 7.69. The van der Waals surface area contributed by atoms with Gasteiger partial charge in [-0.2, -0.15) is 0 Å². The molecule has 2 rings (SSSR count). The molecule has 1 atom stereocenters. The lowest BCUT2D eigenvalue weighted by Crippen LogP contribution is -2.37. The normalized spacial score (nSPS) is 11.7. The van der Waals surface area contributed by atoms with Crippen molar-refractivity contribution in [2.24, 2.45) is 0 Å². The number of halogens is 2. The molecule has 2 aromatic rings. The van der Waals surface area contributed by atoms with Gasteiger partial charge in [-0.3, -0.25) is 14.9 Å². The molecule has 0 unspecified atom stereocenters. The standard InChI is InChI=1S/C17H16F2N2O4/c1-11(25-16-9-14(19)6-7-15(16)21(23)24)17(22)20(2)10-12-4-3-5-13(18)8-12/h3-9,11H,10H2,1-2H3/t11-/m1/s1. The molecule has 0 bridgehead atoms. The van der Waals surface area contributed by atoms with Crippen molar-refractivity contribution in [3.8, 4) is 5.75 Å². The maximum atomic E-state index is 13.3. The average molecular weight is 350 g/mol. The number of carbonyl (C=O) groups is 1. The molecule has 0 radical (unpaired) electrons. The number of amides is 1. The predicted octanol–water partition coefficient (Wildman–Crippen LogP) is 3.30. The topological polar surface area (TPSA) is 72.7 Å². The maximum Gasteiger partial charge on any atom is 0.311 e. The number of nitro benzene ring substituents is 1. The molecule has 0 heterocycles. The highest BCUT2D eigenvalue weighted by atomic mass is 19.1. The molecule has 0 saturated carbocycles. The lowest BCUT2D eigenvalue weighted by molar-refractivity contribution is -0.386. The third-order valence-electron chi connectivity index (χ3n) is 3.46. The van der Waals surface area contributed by atoms with Crippen LogP contribution in [-0.4, -0.2) is 28.9 Å². The highest BCUT2D eigenvalue weighted by molar-refractivity contribution is 5.80. The fraction of sp³-hybridized carbons (Fsp3) is 0.235. The molecule has 8 heteroatoms. The van der Waals surface area contributed by atoms with Crippen LogP contribution < -0.4 is 4.74 Å². The maximum absolute atomic E-state index is 13.3. The van der Waals surface area contributed by atoms with Crippen LogP contribution in [-0.2, 0) is 11.3 Å². The van der Waals surface area contributed by atoms with E-state index in [1.807, 2.05) is 0 Å². The van der Waals surface area contributed by atoms with Gasteiger partial charge in [-0.25, -0.2) is 8.78 Å². The third-order valence-corrected chi connectivity index (χ3v) is 3.46. The Hall–Kier alpha value is -3.03. The van der Waals surface area contributed by atoms with Gasteiger partial charge in [0, 0.05) is 25.7 Å². The fourth-order valence-corrected chi connectivity index (χ4v) is 2.27. The molecule has 0 spiro atoms. The first-order chi connectivity index (χ1) is 11.8. The average Bonchev–Trinajstić information content (AvgIpc) is 2.53. The number of hydrogen-bond donors (Lipinski definition) is 0. The summed E-state index contributed by atoms with van der Waals surface area (Å²) in [5.74, 6) is -1.95. The first kappa shape index (κ1) is 18.3. The molecule has 0 N–H and O–H groups in total. The summed E-state index contributed by atoms with van der Waals surface area (Å²) in [4.78, 5) is 23.9. The van der Waals surface area contributed by atoms with Crippen LogP contribution in [0.15, 0.2) is 42.5 Å². The van der Waals surface area contributed by atoms with Crippen molar-refractivity contribution in [2.75, 3.05) is 7.05 Å². The fourth-order valence-electron chi connectivity index (χ4n) is 2.27. The third kappa shape index (κ3) is 4.72. The van der Waals surface area contributed by atoms with Gasteiger partial charge in [0.25, 0.3) is 5.91 Å². The number of nitro groups is 1. The van der Waals surface area contributed by atoms with E-state index in [-0.39, 0.29) is 12.3 Å². The molecule has 0 aliphatic heterocycles. The molecule has 0 aliphatic carbocycles. The van der Waals surface area contributed by atoms with Gasteiger partial charge >= 0.3 is 5.69 Å². The van der Waals surface area contributed by atoms with Crippen LogP contribution in [0.1, 0.15) is 12.5 Å². The molecule has 0 fully saturated rings. The Bertz CT molecular complexity index is 798. The summed E-state index contributed by atoms with van der Waals surface area (Å²) in [6.07, 6.45) is -1.08. The summed E-state index contributed by atoms with van der Waals surface area (Å²) in [6, 6.07) is 8.54. The lowest BCUT2D eigenvalue weighted by Gasteiger charge is -2.22. The van der Waals surface area contributed by atoms with E-state index in [0.29, 0.717) is 5.56 Å². The predicted molar refractivity (Wildman–Crippen MR) is 86.0 cm³/mol. The monoisotopic (exact) mass is 350 g/mol. The van der Waals surface area contributed by atoms with Gasteiger partial charge in [-0.1, -0.05) is 12.1 Å². The summed E-state index contributed by atoms with van der Waals surface area (Å²) < 4.78 is 31.8. The van der Waals surface area contributed by atoms with Gasteiger partial charge in [-0.15, -0.1) is 0 Å². The Balaban J connectivity index is 2.10. The minimum Gasteiger partial charge on any atom is -0.474 e. The number of ether oxygens (including phenoxy) is 1. The van der Waals surface area contributed by atoms with Crippen LogP contribution in [0.3, 0.4) is 0 Å². The summed E-state index contributed by atoms with van der Waals surface area (Å²) in [5.41, 5.74) is 0.147. The molecular weight excluding hydrogens is 334 g/mol. The first-order valence-electron chi connectivity index (χ1n) is 7.38. The number of nitrogens with zero attached hydrogens (tertiary/aromatic N) is 2. The van der Waals surface area contributed by atoms with Crippen molar-refractivity contribution in [2.45, 2.75) is 19.6 Å². The van der Waals surface area contributed by atoms with Gasteiger partial charge in [0.15, 0.2) is 6.10 Å². The smallest absolute Gasteiger partial charge is 0.311 e. The van der Waals surface area contributed by atoms with Crippen LogP contribution in [0.25, 0.3) is 0 Å². The van der Waals surface area contributed by atoms with Gasteiger partial charge in [0.05, 0.1) is 4.92 Å². The second-order valence-corrected chi connectivity index (χ2v) is 5.45. The number of rotatable bonds is 6. The van der Waals surface area contributed by atoms with Crippen molar-refractivity contribution >= 4 is 11.6 Å².